The second-order valence-corrected chi connectivity index (χ2v) is 6.56. The van der Waals surface area contributed by atoms with Gasteiger partial charge >= 0.3 is 0 Å². The van der Waals surface area contributed by atoms with Crippen molar-refractivity contribution in [3.8, 4) is 0 Å². The Bertz CT molecular complexity index is 367. The third-order valence-corrected chi connectivity index (χ3v) is 4.49. The molecule has 5 heteroatoms. The minimum atomic E-state index is 0.0958. The van der Waals surface area contributed by atoms with Crippen molar-refractivity contribution in [1.29, 1.82) is 0 Å². The van der Waals surface area contributed by atoms with Crippen molar-refractivity contribution in [2.24, 2.45) is 11.7 Å². The maximum atomic E-state index is 5.88. The highest BCUT2D eigenvalue weighted by atomic mass is 32.1. The number of nitrogens with two attached hydrogens (primary N) is 1. The van der Waals surface area contributed by atoms with Crippen molar-refractivity contribution < 1.29 is 0 Å². The molecule has 1 aromatic rings. The van der Waals surface area contributed by atoms with Gasteiger partial charge < -0.3 is 10.6 Å². The van der Waals surface area contributed by atoms with E-state index in [1.165, 1.54) is 11.4 Å². The van der Waals surface area contributed by atoms with E-state index in [0.717, 1.165) is 37.2 Å². The average Bonchev–Trinajstić information content (AvgIpc) is 2.78. The fraction of sp³-hybridized carbons (Fsp3) is 0.769. The Morgan fingerprint density at radius 3 is 2.44 bits per heavy atom. The molecule has 1 aliphatic heterocycles. The topological polar surface area (TPSA) is 45.4 Å². The molecule has 1 aromatic heterocycles. The van der Waals surface area contributed by atoms with Crippen molar-refractivity contribution >= 4 is 16.5 Å². The van der Waals surface area contributed by atoms with Gasteiger partial charge in [-0.05, 0) is 12.8 Å². The lowest BCUT2D eigenvalue weighted by Crippen LogP contribution is -2.47. The van der Waals surface area contributed by atoms with Gasteiger partial charge in [-0.2, -0.15) is 0 Å². The molecule has 2 N–H and O–H groups in total. The van der Waals surface area contributed by atoms with E-state index in [1.54, 1.807) is 11.3 Å². The van der Waals surface area contributed by atoms with Crippen molar-refractivity contribution in [2.45, 2.75) is 26.8 Å². The second kappa shape index (κ2) is 5.99. The van der Waals surface area contributed by atoms with Crippen LogP contribution >= 0.6 is 11.3 Å². The molecule has 1 unspecified atom stereocenters. The van der Waals surface area contributed by atoms with Crippen molar-refractivity contribution in [2.75, 3.05) is 37.6 Å². The van der Waals surface area contributed by atoms with E-state index in [4.69, 9.17) is 5.73 Å². The molecule has 1 saturated heterocycles. The Morgan fingerprint density at radius 2 is 1.94 bits per heavy atom. The van der Waals surface area contributed by atoms with Crippen molar-refractivity contribution in [1.82, 2.24) is 9.88 Å². The monoisotopic (exact) mass is 268 g/mol. The Kier molecular flexibility index (Phi) is 4.59. The Morgan fingerprint density at radius 1 is 1.28 bits per heavy atom. The van der Waals surface area contributed by atoms with Gasteiger partial charge in [0.1, 0.15) is 0 Å². The molecule has 0 amide bonds. The molecule has 102 valence electrons. The molecule has 2 rings (SSSR count). The number of rotatable bonds is 4. The average molecular weight is 268 g/mol. The predicted octanol–water partition coefficient (Wildman–Crippen LogP) is 1.94. The van der Waals surface area contributed by atoms with Crippen LogP contribution in [0.25, 0.3) is 0 Å². The summed E-state index contributed by atoms with van der Waals surface area (Å²) in [5.74, 6) is 0.751. The molecule has 18 heavy (non-hydrogen) atoms. The van der Waals surface area contributed by atoms with E-state index in [1.807, 2.05) is 13.1 Å². The lowest BCUT2D eigenvalue weighted by atomic mass is 10.2. The summed E-state index contributed by atoms with van der Waals surface area (Å²) in [5.41, 5.74) is 5.88. The summed E-state index contributed by atoms with van der Waals surface area (Å²) in [6.45, 7) is 12.2. The van der Waals surface area contributed by atoms with Gasteiger partial charge in [-0.15, -0.1) is 11.3 Å². The molecule has 0 radical (unpaired) electrons. The zero-order valence-corrected chi connectivity index (χ0v) is 12.4. The number of thiazole rings is 1. The molecular formula is C13H24N4S. The molecule has 0 bridgehead atoms. The van der Waals surface area contributed by atoms with Crippen LogP contribution in [0.5, 0.6) is 0 Å². The van der Waals surface area contributed by atoms with Crippen molar-refractivity contribution in [3.05, 3.63) is 11.1 Å². The lowest BCUT2D eigenvalue weighted by Gasteiger charge is -2.35. The highest BCUT2D eigenvalue weighted by Gasteiger charge is 2.20. The third-order valence-electron chi connectivity index (χ3n) is 3.23. The molecule has 1 aliphatic rings. The maximum absolute atomic E-state index is 5.88. The number of piperazine rings is 1. The van der Waals surface area contributed by atoms with Gasteiger partial charge in [0.25, 0.3) is 0 Å². The van der Waals surface area contributed by atoms with E-state index in [2.05, 4.69) is 28.6 Å². The van der Waals surface area contributed by atoms with Crippen LogP contribution < -0.4 is 10.6 Å². The molecule has 2 heterocycles. The number of anilines is 1. The molecule has 1 fully saturated rings. The van der Waals surface area contributed by atoms with E-state index in [0.29, 0.717) is 0 Å². The molecule has 0 saturated carbocycles. The van der Waals surface area contributed by atoms with Gasteiger partial charge in [0.05, 0.1) is 0 Å². The molecule has 1 atom stereocenters. The minimum Gasteiger partial charge on any atom is -0.346 e. The summed E-state index contributed by atoms with van der Waals surface area (Å²) in [5, 5.41) is 1.13. The van der Waals surface area contributed by atoms with Gasteiger partial charge in [-0.25, -0.2) is 4.98 Å². The van der Waals surface area contributed by atoms with Crippen LogP contribution in [0.1, 0.15) is 31.7 Å². The summed E-state index contributed by atoms with van der Waals surface area (Å²) in [4.78, 5) is 10.6. The lowest BCUT2D eigenvalue weighted by molar-refractivity contribution is 0.231. The standard InChI is InChI=1S/C13H24N4S/c1-10(2)9-16-4-6-17(7-5-16)13-15-8-12(18-13)11(3)14/h8,10-11H,4-7,9,14H2,1-3H3. The van der Waals surface area contributed by atoms with Crippen LogP contribution in [0.2, 0.25) is 0 Å². The van der Waals surface area contributed by atoms with Crippen LogP contribution in [0.4, 0.5) is 5.13 Å². The molecular weight excluding hydrogens is 244 g/mol. The maximum Gasteiger partial charge on any atom is 0.185 e. The SMILES string of the molecule is CC(C)CN1CCN(c2ncc(C(C)N)s2)CC1. The van der Waals surface area contributed by atoms with Gasteiger partial charge in [0.15, 0.2) is 5.13 Å². The summed E-state index contributed by atoms with van der Waals surface area (Å²) >= 11 is 1.73. The second-order valence-electron chi connectivity index (χ2n) is 5.52. The molecule has 0 spiro atoms. The van der Waals surface area contributed by atoms with Crippen LogP contribution in [0, 0.1) is 5.92 Å². The first-order valence-electron chi connectivity index (χ1n) is 6.75. The first kappa shape index (κ1) is 13.8. The molecule has 0 aromatic carbocycles. The van der Waals surface area contributed by atoms with E-state index >= 15 is 0 Å². The zero-order chi connectivity index (χ0) is 13.1. The number of hydrogen-bond acceptors (Lipinski definition) is 5. The van der Waals surface area contributed by atoms with Crippen LogP contribution in [-0.2, 0) is 0 Å². The number of hydrogen-bond donors (Lipinski definition) is 1. The Balaban J connectivity index is 1.88. The van der Waals surface area contributed by atoms with Crippen LogP contribution in [0.3, 0.4) is 0 Å². The minimum absolute atomic E-state index is 0.0958. The summed E-state index contributed by atoms with van der Waals surface area (Å²) < 4.78 is 0. The van der Waals surface area contributed by atoms with Crippen LogP contribution in [-0.4, -0.2) is 42.6 Å². The smallest absolute Gasteiger partial charge is 0.185 e. The zero-order valence-electron chi connectivity index (χ0n) is 11.6. The quantitative estimate of drug-likeness (QED) is 0.906. The van der Waals surface area contributed by atoms with E-state index in [-0.39, 0.29) is 6.04 Å². The molecule has 4 nitrogen and oxygen atoms in total. The van der Waals surface area contributed by atoms with Gasteiger partial charge in [-0.3, -0.25) is 4.90 Å². The van der Waals surface area contributed by atoms with Gasteiger partial charge in [0, 0.05) is 49.8 Å². The van der Waals surface area contributed by atoms with Crippen LogP contribution in [0.15, 0.2) is 6.20 Å². The highest BCUT2D eigenvalue weighted by Crippen LogP contribution is 2.26. The summed E-state index contributed by atoms with van der Waals surface area (Å²) in [6.07, 6.45) is 1.92. The normalized spacial score (nSPS) is 19.5. The summed E-state index contributed by atoms with van der Waals surface area (Å²) in [7, 11) is 0. The summed E-state index contributed by atoms with van der Waals surface area (Å²) in [6, 6.07) is 0.0958. The molecule has 0 aliphatic carbocycles. The fourth-order valence-electron chi connectivity index (χ4n) is 2.27. The largest absolute Gasteiger partial charge is 0.346 e. The number of aromatic nitrogens is 1. The fourth-order valence-corrected chi connectivity index (χ4v) is 3.19. The van der Waals surface area contributed by atoms with E-state index in [9.17, 15) is 0 Å². The van der Waals surface area contributed by atoms with Gasteiger partial charge in [0.2, 0.25) is 0 Å². The first-order valence-corrected chi connectivity index (χ1v) is 7.56. The number of nitrogens with zero attached hydrogens (tertiary/aromatic N) is 3. The third kappa shape index (κ3) is 3.43. The van der Waals surface area contributed by atoms with E-state index < -0.39 is 0 Å². The van der Waals surface area contributed by atoms with Gasteiger partial charge in [-0.1, -0.05) is 13.8 Å². The Labute approximate surface area is 114 Å². The first-order chi connectivity index (χ1) is 8.56. The van der Waals surface area contributed by atoms with Crippen molar-refractivity contribution in [3.63, 3.8) is 0 Å². The predicted molar refractivity (Wildman–Crippen MR) is 78.2 cm³/mol. The Hall–Kier alpha value is -0.650. The highest BCUT2D eigenvalue weighted by molar-refractivity contribution is 7.15.